The molecule has 7 heteroatoms. The average molecular weight is 226 g/mol. The summed E-state index contributed by atoms with van der Waals surface area (Å²) in [4.78, 5) is 19.8. The molecule has 0 saturated carbocycles. The van der Waals surface area contributed by atoms with Crippen molar-refractivity contribution < 1.29 is 15.0 Å². The number of benzene rings is 1. The van der Waals surface area contributed by atoms with Crippen molar-refractivity contribution in [3.63, 3.8) is 0 Å². The lowest BCUT2D eigenvalue weighted by Gasteiger charge is -2.08. The number of nitro benzene ring substituents is 2. The highest BCUT2D eigenvalue weighted by atomic mass is 16.6. The molecule has 0 aliphatic heterocycles. The molecule has 1 aromatic rings. The minimum atomic E-state index is -0.840. The van der Waals surface area contributed by atoms with Crippen LogP contribution in [0.2, 0.25) is 0 Å². The molecule has 7 nitrogen and oxygen atoms in total. The lowest BCUT2D eigenvalue weighted by atomic mass is 9.99. The van der Waals surface area contributed by atoms with E-state index in [0.29, 0.717) is 0 Å². The molecule has 0 aliphatic carbocycles. The molecule has 1 N–H and O–H groups in total. The molecule has 0 bridgehead atoms. The molecule has 1 rings (SSSR count). The zero-order valence-electron chi connectivity index (χ0n) is 8.71. The average Bonchev–Trinajstić information content (AvgIpc) is 2.15. The first-order chi connectivity index (χ1) is 7.36. The molecule has 0 radical (unpaired) electrons. The van der Waals surface area contributed by atoms with Gasteiger partial charge in [0.25, 0.3) is 0 Å². The van der Waals surface area contributed by atoms with Gasteiger partial charge in [0.05, 0.1) is 15.4 Å². The second-order valence-electron chi connectivity index (χ2n) is 3.54. The summed E-state index contributed by atoms with van der Waals surface area (Å²) in [6, 6.07) is 2.03. The molecule has 0 aromatic heterocycles. The van der Waals surface area contributed by atoms with Crippen molar-refractivity contribution >= 4 is 11.4 Å². The number of hydrogen-bond donors (Lipinski definition) is 1. The van der Waals surface area contributed by atoms with E-state index in [1.165, 1.54) is 0 Å². The fourth-order valence-corrected chi connectivity index (χ4v) is 1.49. The van der Waals surface area contributed by atoms with Gasteiger partial charge >= 0.3 is 11.4 Å². The number of rotatable bonds is 3. The van der Waals surface area contributed by atoms with Crippen LogP contribution in [-0.4, -0.2) is 15.0 Å². The molecule has 0 amide bonds. The van der Waals surface area contributed by atoms with Gasteiger partial charge in [0.2, 0.25) is 0 Å². The Morgan fingerprint density at radius 1 is 1.19 bits per heavy atom. The van der Waals surface area contributed by atoms with E-state index >= 15 is 0 Å². The zero-order valence-corrected chi connectivity index (χ0v) is 8.71. The number of hydrogen-bond acceptors (Lipinski definition) is 5. The highest BCUT2D eigenvalue weighted by Gasteiger charge is 2.31. The summed E-state index contributed by atoms with van der Waals surface area (Å²) in [5.41, 5.74) is -1.26. The molecule has 0 spiro atoms. The maximum atomic E-state index is 10.8. The third-order valence-corrected chi connectivity index (χ3v) is 2.13. The van der Waals surface area contributed by atoms with E-state index in [4.69, 9.17) is 0 Å². The molecule has 1 aromatic carbocycles. The Hall–Kier alpha value is -2.18. The van der Waals surface area contributed by atoms with Crippen molar-refractivity contribution in [3.8, 4) is 5.75 Å². The van der Waals surface area contributed by atoms with Crippen LogP contribution in [0.4, 0.5) is 11.4 Å². The first kappa shape index (κ1) is 11.9. The molecule has 0 unspecified atom stereocenters. The lowest BCUT2D eigenvalue weighted by Crippen LogP contribution is -2.02. The fourth-order valence-electron chi connectivity index (χ4n) is 1.49. The zero-order chi connectivity index (χ0) is 12.5. The fraction of sp³-hybridized carbons (Fsp3) is 0.333. The topological polar surface area (TPSA) is 107 Å². The Labute approximate surface area is 90.6 Å². The maximum absolute atomic E-state index is 10.8. The molecule has 16 heavy (non-hydrogen) atoms. The van der Waals surface area contributed by atoms with Crippen molar-refractivity contribution in [1.82, 2.24) is 0 Å². The van der Waals surface area contributed by atoms with Crippen LogP contribution in [-0.2, 0) is 0 Å². The second kappa shape index (κ2) is 4.13. The second-order valence-corrected chi connectivity index (χ2v) is 3.54. The number of phenols is 1. The van der Waals surface area contributed by atoms with E-state index < -0.39 is 21.2 Å². The van der Waals surface area contributed by atoms with Gasteiger partial charge in [0.1, 0.15) is 5.75 Å². The van der Waals surface area contributed by atoms with Gasteiger partial charge in [-0.1, -0.05) is 13.8 Å². The van der Waals surface area contributed by atoms with E-state index in [9.17, 15) is 25.3 Å². The van der Waals surface area contributed by atoms with Crippen molar-refractivity contribution in [2.75, 3.05) is 0 Å². The number of nitrogens with zero attached hydrogens (tertiary/aromatic N) is 2. The Bertz CT molecular complexity index is 455. The summed E-state index contributed by atoms with van der Waals surface area (Å²) in [5.74, 6) is -0.674. The number of aromatic hydroxyl groups is 1. The monoisotopic (exact) mass is 226 g/mol. The van der Waals surface area contributed by atoms with Crippen molar-refractivity contribution in [3.05, 3.63) is 37.9 Å². The molecular weight excluding hydrogens is 216 g/mol. The summed E-state index contributed by atoms with van der Waals surface area (Å²) < 4.78 is 0. The van der Waals surface area contributed by atoms with E-state index in [1.807, 2.05) is 0 Å². The smallest absolute Gasteiger partial charge is 0.353 e. The standard InChI is InChI=1S/C9H10N2O5/c1-5(2)8-7(12)4-3-6(10(13)14)9(8)11(15)16/h3-5,12H,1-2H3. The van der Waals surface area contributed by atoms with E-state index in [-0.39, 0.29) is 17.2 Å². The van der Waals surface area contributed by atoms with Crippen LogP contribution < -0.4 is 0 Å². The highest BCUT2D eigenvalue weighted by Crippen LogP contribution is 2.40. The molecule has 0 saturated heterocycles. The van der Waals surface area contributed by atoms with Gasteiger partial charge in [0.15, 0.2) is 0 Å². The molecule has 0 fully saturated rings. The van der Waals surface area contributed by atoms with Crippen LogP contribution in [0.1, 0.15) is 25.3 Å². The number of phenolic OH excluding ortho intramolecular Hbond substituents is 1. The Morgan fingerprint density at radius 3 is 2.12 bits per heavy atom. The van der Waals surface area contributed by atoms with Crippen molar-refractivity contribution in [2.45, 2.75) is 19.8 Å². The van der Waals surface area contributed by atoms with E-state index in [0.717, 1.165) is 12.1 Å². The SMILES string of the molecule is CC(C)c1c(O)ccc([N+](=O)[O-])c1[N+](=O)[O-]. The first-order valence-electron chi connectivity index (χ1n) is 4.51. The van der Waals surface area contributed by atoms with Gasteiger partial charge in [-0.3, -0.25) is 20.2 Å². The normalized spacial score (nSPS) is 10.4. The summed E-state index contributed by atoms with van der Waals surface area (Å²) >= 11 is 0. The molecule has 86 valence electrons. The maximum Gasteiger partial charge on any atom is 0.353 e. The van der Waals surface area contributed by atoms with Crippen LogP contribution in [0.15, 0.2) is 12.1 Å². The molecular formula is C9H10N2O5. The summed E-state index contributed by atoms with van der Waals surface area (Å²) in [7, 11) is 0. The third-order valence-electron chi connectivity index (χ3n) is 2.13. The Balaban J connectivity index is 3.63. The van der Waals surface area contributed by atoms with E-state index in [2.05, 4.69) is 0 Å². The molecule has 0 atom stereocenters. The van der Waals surface area contributed by atoms with Gasteiger partial charge in [-0.15, -0.1) is 0 Å². The molecule has 0 heterocycles. The van der Waals surface area contributed by atoms with Crippen LogP contribution >= 0.6 is 0 Å². The minimum absolute atomic E-state index is 0.0146. The largest absolute Gasteiger partial charge is 0.507 e. The summed E-state index contributed by atoms with van der Waals surface area (Å²) in [5, 5.41) is 30.9. The van der Waals surface area contributed by atoms with Crippen molar-refractivity contribution in [1.29, 1.82) is 0 Å². The molecule has 0 aliphatic rings. The number of nitro groups is 2. The van der Waals surface area contributed by atoms with Crippen LogP contribution in [0.3, 0.4) is 0 Å². The van der Waals surface area contributed by atoms with E-state index in [1.54, 1.807) is 13.8 Å². The predicted molar refractivity (Wildman–Crippen MR) is 55.5 cm³/mol. The summed E-state index contributed by atoms with van der Waals surface area (Å²) in [6.07, 6.45) is 0. The van der Waals surface area contributed by atoms with Crippen LogP contribution in [0, 0.1) is 20.2 Å². The third kappa shape index (κ3) is 1.92. The predicted octanol–water partition coefficient (Wildman–Crippen LogP) is 2.33. The first-order valence-corrected chi connectivity index (χ1v) is 4.51. The highest BCUT2D eigenvalue weighted by molar-refractivity contribution is 5.63. The van der Waals surface area contributed by atoms with Gasteiger partial charge in [0, 0.05) is 6.07 Å². The Morgan fingerprint density at radius 2 is 1.75 bits per heavy atom. The quantitative estimate of drug-likeness (QED) is 0.628. The lowest BCUT2D eigenvalue weighted by molar-refractivity contribution is -0.423. The van der Waals surface area contributed by atoms with Gasteiger partial charge in [-0.25, -0.2) is 0 Å². The van der Waals surface area contributed by atoms with Gasteiger partial charge in [-0.05, 0) is 12.0 Å². The Kier molecular flexibility index (Phi) is 3.07. The van der Waals surface area contributed by atoms with Gasteiger partial charge < -0.3 is 5.11 Å². The van der Waals surface area contributed by atoms with Gasteiger partial charge in [-0.2, -0.15) is 0 Å². The van der Waals surface area contributed by atoms with Crippen LogP contribution in [0.25, 0.3) is 0 Å². The van der Waals surface area contributed by atoms with Crippen LogP contribution in [0.5, 0.6) is 5.75 Å². The summed E-state index contributed by atoms with van der Waals surface area (Å²) in [6.45, 7) is 3.23. The minimum Gasteiger partial charge on any atom is -0.507 e. The van der Waals surface area contributed by atoms with Crippen molar-refractivity contribution in [2.24, 2.45) is 0 Å².